The van der Waals surface area contributed by atoms with Gasteiger partial charge in [-0.25, -0.2) is 4.39 Å². The molecule has 0 saturated heterocycles. The van der Waals surface area contributed by atoms with Gasteiger partial charge >= 0.3 is 0 Å². The number of hydrogen-bond acceptors (Lipinski definition) is 1. The molecule has 2 rings (SSSR count). The second-order valence-corrected chi connectivity index (χ2v) is 3.85. The largest absolute Gasteiger partial charge is 0.300 e. The number of carbonyl (C=O) groups is 1. The third-order valence-corrected chi connectivity index (χ3v) is 2.83. The average molecular weight is 192 g/mol. The van der Waals surface area contributed by atoms with Gasteiger partial charge in [-0.3, -0.25) is 4.79 Å². The zero-order valence-electron chi connectivity index (χ0n) is 8.00. The summed E-state index contributed by atoms with van der Waals surface area (Å²) in [6, 6.07) is 6.77. The third-order valence-electron chi connectivity index (χ3n) is 2.83. The highest BCUT2D eigenvalue weighted by Gasteiger charge is 2.22. The molecule has 1 atom stereocenters. The van der Waals surface area contributed by atoms with Crippen molar-refractivity contribution in [2.75, 3.05) is 0 Å². The van der Waals surface area contributed by atoms with Crippen LogP contribution < -0.4 is 0 Å². The number of carbonyl (C=O) groups excluding carboxylic acids is 1. The van der Waals surface area contributed by atoms with Crippen LogP contribution >= 0.6 is 0 Å². The molecule has 2 heteroatoms. The van der Waals surface area contributed by atoms with Gasteiger partial charge in [0, 0.05) is 12.8 Å². The lowest BCUT2D eigenvalue weighted by Crippen LogP contribution is -2.14. The minimum Gasteiger partial charge on any atom is -0.300 e. The Morgan fingerprint density at radius 1 is 1.29 bits per heavy atom. The van der Waals surface area contributed by atoms with Crippen molar-refractivity contribution >= 4 is 5.78 Å². The maximum atomic E-state index is 13.4. The second-order valence-electron chi connectivity index (χ2n) is 3.85. The molecule has 1 nitrogen and oxygen atoms in total. The highest BCUT2D eigenvalue weighted by molar-refractivity contribution is 5.80. The molecule has 1 aromatic carbocycles. The molecule has 0 unspecified atom stereocenters. The standard InChI is InChI=1S/C12H13FO/c13-12-7-2-1-6-11(12)9-4-3-5-10(14)8-9/h1-2,6-7,9H,3-5,8H2/t9-/m0/s1. The molecule has 0 spiro atoms. The molecule has 1 aliphatic rings. The van der Waals surface area contributed by atoms with E-state index in [0.717, 1.165) is 12.8 Å². The van der Waals surface area contributed by atoms with Crippen molar-refractivity contribution in [1.82, 2.24) is 0 Å². The zero-order valence-corrected chi connectivity index (χ0v) is 8.00. The van der Waals surface area contributed by atoms with Crippen LogP contribution in [0.5, 0.6) is 0 Å². The van der Waals surface area contributed by atoms with Crippen LogP contribution in [0.25, 0.3) is 0 Å². The molecule has 14 heavy (non-hydrogen) atoms. The highest BCUT2D eigenvalue weighted by Crippen LogP contribution is 2.31. The first-order valence-corrected chi connectivity index (χ1v) is 5.03. The van der Waals surface area contributed by atoms with E-state index in [1.807, 2.05) is 6.07 Å². The van der Waals surface area contributed by atoms with Gasteiger partial charge in [-0.1, -0.05) is 18.2 Å². The number of hydrogen-bond donors (Lipinski definition) is 0. The van der Waals surface area contributed by atoms with Crippen LogP contribution in [0.4, 0.5) is 4.39 Å². The molecule has 0 N–H and O–H groups in total. The fourth-order valence-corrected chi connectivity index (χ4v) is 2.10. The summed E-state index contributed by atoms with van der Waals surface area (Å²) in [6.45, 7) is 0. The molecule has 1 saturated carbocycles. The Morgan fingerprint density at radius 2 is 2.07 bits per heavy atom. The van der Waals surface area contributed by atoms with Crippen molar-refractivity contribution in [2.45, 2.75) is 31.6 Å². The van der Waals surface area contributed by atoms with E-state index in [9.17, 15) is 9.18 Å². The van der Waals surface area contributed by atoms with Crippen LogP contribution in [-0.4, -0.2) is 5.78 Å². The van der Waals surface area contributed by atoms with Gasteiger partial charge in [-0.2, -0.15) is 0 Å². The van der Waals surface area contributed by atoms with Crippen LogP contribution in [0, 0.1) is 5.82 Å². The lowest BCUT2D eigenvalue weighted by atomic mass is 9.83. The predicted octanol–water partition coefficient (Wildman–Crippen LogP) is 3.05. The van der Waals surface area contributed by atoms with Crippen molar-refractivity contribution in [3.8, 4) is 0 Å². The Hall–Kier alpha value is -1.18. The topological polar surface area (TPSA) is 17.1 Å². The Bertz CT molecular complexity index is 346. The normalized spacial score (nSPS) is 22.4. The van der Waals surface area contributed by atoms with Crippen LogP contribution in [0.2, 0.25) is 0 Å². The van der Waals surface area contributed by atoms with Crippen molar-refractivity contribution in [3.63, 3.8) is 0 Å². The lowest BCUT2D eigenvalue weighted by molar-refractivity contribution is -0.120. The van der Waals surface area contributed by atoms with Crippen molar-refractivity contribution < 1.29 is 9.18 Å². The van der Waals surface area contributed by atoms with Gasteiger partial charge in [0.2, 0.25) is 0 Å². The summed E-state index contributed by atoms with van der Waals surface area (Å²) in [5, 5.41) is 0. The average Bonchev–Trinajstić information content (AvgIpc) is 2.18. The molecule has 1 aromatic rings. The first-order chi connectivity index (χ1) is 6.77. The van der Waals surface area contributed by atoms with Gasteiger partial charge in [-0.15, -0.1) is 0 Å². The molecular formula is C12H13FO. The van der Waals surface area contributed by atoms with Gasteiger partial charge in [0.05, 0.1) is 0 Å². The molecule has 0 aromatic heterocycles. The van der Waals surface area contributed by atoms with E-state index in [1.54, 1.807) is 12.1 Å². The van der Waals surface area contributed by atoms with E-state index in [2.05, 4.69) is 0 Å². The Morgan fingerprint density at radius 3 is 2.79 bits per heavy atom. The van der Waals surface area contributed by atoms with Gasteiger partial charge < -0.3 is 0 Å². The molecule has 1 aliphatic carbocycles. The molecule has 0 bridgehead atoms. The zero-order chi connectivity index (χ0) is 9.97. The maximum absolute atomic E-state index is 13.4. The number of Topliss-reactive ketones (excluding diaryl/α,β-unsaturated/α-hetero) is 1. The summed E-state index contributed by atoms with van der Waals surface area (Å²) < 4.78 is 13.4. The second kappa shape index (κ2) is 3.91. The number of rotatable bonds is 1. The van der Waals surface area contributed by atoms with Gasteiger partial charge in [0.15, 0.2) is 0 Å². The van der Waals surface area contributed by atoms with E-state index < -0.39 is 0 Å². The smallest absolute Gasteiger partial charge is 0.133 e. The summed E-state index contributed by atoms with van der Waals surface area (Å²) in [4.78, 5) is 11.2. The van der Waals surface area contributed by atoms with Crippen LogP contribution in [0.15, 0.2) is 24.3 Å². The van der Waals surface area contributed by atoms with Gasteiger partial charge in [0.25, 0.3) is 0 Å². The summed E-state index contributed by atoms with van der Waals surface area (Å²) in [5.74, 6) is 0.203. The fourth-order valence-electron chi connectivity index (χ4n) is 2.10. The van der Waals surface area contributed by atoms with Gasteiger partial charge in [0.1, 0.15) is 11.6 Å². The summed E-state index contributed by atoms with van der Waals surface area (Å²) in [5.41, 5.74) is 0.709. The molecule has 74 valence electrons. The fraction of sp³-hybridized carbons (Fsp3) is 0.417. The summed E-state index contributed by atoms with van der Waals surface area (Å²) in [7, 11) is 0. The Labute approximate surface area is 82.9 Å². The number of ketones is 1. The SMILES string of the molecule is O=C1CCC[C@H](c2ccccc2F)C1. The minimum absolute atomic E-state index is 0.109. The molecule has 1 fully saturated rings. The van der Waals surface area contributed by atoms with E-state index >= 15 is 0 Å². The molecule has 0 radical (unpaired) electrons. The Kier molecular flexibility index (Phi) is 2.62. The predicted molar refractivity (Wildman–Crippen MR) is 52.6 cm³/mol. The van der Waals surface area contributed by atoms with E-state index in [-0.39, 0.29) is 17.5 Å². The van der Waals surface area contributed by atoms with Crippen molar-refractivity contribution in [3.05, 3.63) is 35.6 Å². The number of benzene rings is 1. The lowest BCUT2D eigenvalue weighted by Gasteiger charge is -2.21. The first-order valence-electron chi connectivity index (χ1n) is 5.03. The van der Waals surface area contributed by atoms with Gasteiger partial charge in [-0.05, 0) is 30.4 Å². The molecular weight excluding hydrogens is 179 g/mol. The maximum Gasteiger partial charge on any atom is 0.133 e. The quantitative estimate of drug-likeness (QED) is 0.668. The monoisotopic (exact) mass is 192 g/mol. The molecule has 0 heterocycles. The third kappa shape index (κ3) is 1.84. The Balaban J connectivity index is 2.22. The van der Waals surface area contributed by atoms with Crippen molar-refractivity contribution in [2.24, 2.45) is 0 Å². The summed E-state index contributed by atoms with van der Waals surface area (Å²) >= 11 is 0. The highest BCUT2D eigenvalue weighted by atomic mass is 19.1. The number of halogens is 1. The first kappa shape index (κ1) is 9.38. The van der Waals surface area contributed by atoms with E-state index in [1.165, 1.54) is 6.07 Å². The van der Waals surface area contributed by atoms with Crippen LogP contribution in [-0.2, 0) is 4.79 Å². The van der Waals surface area contributed by atoms with Crippen LogP contribution in [0.3, 0.4) is 0 Å². The van der Waals surface area contributed by atoms with Crippen LogP contribution in [0.1, 0.15) is 37.2 Å². The summed E-state index contributed by atoms with van der Waals surface area (Å²) in [6.07, 6.45) is 3.02. The molecule has 0 aliphatic heterocycles. The van der Waals surface area contributed by atoms with E-state index in [0.29, 0.717) is 18.4 Å². The minimum atomic E-state index is -0.174. The molecule has 0 amide bonds. The van der Waals surface area contributed by atoms with E-state index in [4.69, 9.17) is 0 Å². The van der Waals surface area contributed by atoms with Crippen molar-refractivity contribution in [1.29, 1.82) is 0 Å².